The van der Waals surface area contributed by atoms with E-state index in [9.17, 15) is 9.90 Å². The van der Waals surface area contributed by atoms with Crippen LogP contribution in [-0.4, -0.2) is 27.2 Å². The maximum Gasteiger partial charge on any atom is 0.326 e. The number of hydrogen-bond acceptors (Lipinski definition) is 4. The third-order valence-corrected chi connectivity index (χ3v) is 6.88. The predicted octanol–water partition coefficient (Wildman–Crippen LogP) is 6.25. The predicted molar refractivity (Wildman–Crippen MR) is 125 cm³/mol. The third kappa shape index (κ3) is 4.45. The summed E-state index contributed by atoms with van der Waals surface area (Å²) >= 11 is 8.02. The van der Waals surface area contributed by atoms with Gasteiger partial charge in [-0.1, -0.05) is 36.7 Å². The van der Waals surface area contributed by atoms with E-state index >= 15 is 0 Å². The van der Waals surface area contributed by atoms with E-state index in [1.165, 1.54) is 4.88 Å². The van der Waals surface area contributed by atoms with E-state index in [1.807, 2.05) is 48.5 Å². The first-order valence-corrected chi connectivity index (χ1v) is 11.4. The zero-order valence-electron chi connectivity index (χ0n) is 17.3. The number of fused-ring (bicyclic) bond motifs is 1. The SMILES string of the molecule is CCc1sc(-c2ccccc2Cl)nc1CCOc1ccc2c(ccn2C(C)C(=O)O)c1. The molecule has 31 heavy (non-hydrogen) atoms. The summed E-state index contributed by atoms with van der Waals surface area (Å²) in [6.07, 6.45) is 3.42. The van der Waals surface area contributed by atoms with E-state index in [-0.39, 0.29) is 0 Å². The topological polar surface area (TPSA) is 64.4 Å². The molecule has 0 saturated heterocycles. The van der Waals surface area contributed by atoms with Gasteiger partial charge in [-0.05, 0) is 43.7 Å². The van der Waals surface area contributed by atoms with Gasteiger partial charge in [-0.25, -0.2) is 9.78 Å². The van der Waals surface area contributed by atoms with Gasteiger partial charge in [0.2, 0.25) is 0 Å². The minimum Gasteiger partial charge on any atom is -0.493 e. The number of aliphatic carboxylic acids is 1. The highest BCUT2D eigenvalue weighted by Gasteiger charge is 2.16. The van der Waals surface area contributed by atoms with E-state index in [1.54, 1.807) is 29.0 Å². The second-order valence-corrected chi connectivity index (χ2v) is 8.77. The molecule has 0 fully saturated rings. The smallest absolute Gasteiger partial charge is 0.326 e. The van der Waals surface area contributed by atoms with Crippen molar-refractivity contribution in [1.29, 1.82) is 0 Å². The molecule has 1 unspecified atom stereocenters. The van der Waals surface area contributed by atoms with Crippen molar-refractivity contribution < 1.29 is 14.6 Å². The molecule has 4 rings (SSSR count). The number of carboxylic acids is 1. The Morgan fingerprint density at radius 3 is 2.81 bits per heavy atom. The molecular formula is C24H23ClN2O3S. The summed E-state index contributed by atoms with van der Waals surface area (Å²) in [5, 5.41) is 11.9. The van der Waals surface area contributed by atoms with Gasteiger partial charge in [0.25, 0.3) is 0 Å². The van der Waals surface area contributed by atoms with Crippen molar-refractivity contribution in [3.05, 3.63) is 70.3 Å². The van der Waals surface area contributed by atoms with Crippen LogP contribution in [0.15, 0.2) is 54.7 Å². The normalized spacial score (nSPS) is 12.2. The molecular weight excluding hydrogens is 432 g/mol. The molecule has 7 heteroatoms. The van der Waals surface area contributed by atoms with Gasteiger partial charge < -0.3 is 14.4 Å². The molecule has 0 spiro atoms. The van der Waals surface area contributed by atoms with Gasteiger partial charge in [0, 0.05) is 34.0 Å². The van der Waals surface area contributed by atoms with Crippen LogP contribution in [0.2, 0.25) is 5.02 Å². The monoisotopic (exact) mass is 454 g/mol. The molecule has 5 nitrogen and oxygen atoms in total. The summed E-state index contributed by atoms with van der Waals surface area (Å²) in [7, 11) is 0. The van der Waals surface area contributed by atoms with Gasteiger partial charge >= 0.3 is 5.97 Å². The van der Waals surface area contributed by atoms with E-state index < -0.39 is 12.0 Å². The van der Waals surface area contributed by atoms with Crippen LogP contribution >= 0.6 is 22.9 Å². The number of aromatic nitrogens is 2. The van der Waals surface area contributed by atoms with Crippen LogP contribution in [0.3, 0.4) is 0 Å². The number of carbonyl (C=O) groups is 1. The zero-order chi connectivity index (χ0) is 22.0. The van der Waals surface area contributed by atoms with Gasteiger partial charge in [0.05, 0.1) is 17.3 Å². The number of rotatable bonds is 8. The average Bonchev–Trinajstić information content (AvgIpc) is 3.37. The van der Waals surface area contributed by atoms with Crippen LogP contribution < -0.4 is 4.74 Å². The number of nitrogens with zero attached hydrogens (tertiary/aromatic N) is 2. The molecule has 2 heterocycles. The molecule has 2 aromatic carbocycles. The molecule has 2 aromatic heterocycles. The lowest BCUT2D eigenvalue weighted by Crippen LogP contribution is -2.14. The first-order valence-electron chi connectivity index (χ1n) is 10.2. The van der Waals surface area contributed by atoms with Crippen LogP contribution in [-0.2, 0) is 17.6 Å². The first-order chi connectivity index (χ1) is 15.0. The zero-order valence-corrected chi connectivity index (χ0v) is 18.9. The summed E-state index contributed by atoms with van der Waals surface area (Å²) in [5.41, 5.74) is 2.88. The van der Waals surface area contributed by atoms with Crippen LogP contribution in [0.4, 0.5) is 0 Å². The fraction of sp³-hybridized carbons (Fsp3) is 0.250. The molecule has 0 aliphatic heterocycles. The number of carboxylic acid groups (broad SMARTS) is 1. The number of thiazole rings is 1. The lowest BCUT2D eigenvalue weighted by Gasteiger charge is -2.11. The average molecular weight is 455 g/mol. The Morgan fingerprint density at radius 2 is 2.06 bits per heavy atom. The van der Waals surface area contributed by atoms with Crippen molar-refractivity contribution in [2.45, 2.75) is 32.7 Å². The molecule has 0 saturated carbocycles. The quantitative estimate of drug-likeness (QED) is 0.342. The lowest BCUT2D eigenvalue weighted by atomic mass is 10.2. The molecule has 0 radical (unpaired) electrons. The molecule has 0 bridgehead atoms. The maximum atomic E-state index is 11.3. The molecule has 4 aromatic rings. The van der Waals surface area contributed by atoms with Crippen molar-refractivity contribution in [2.24, 2.45) is 0 Å². The molecule has 160 valence electrons. The van der Waals surface area contributed by atoms with Gasteiger partial charge in [-0.2, -0.15) is 0 Å². The number of aryl methyl sites for hydroxylation is 1. The molecule has 0 aliphatic carbocycles. The number of benzene rings is 2. The number of halogens is 1. The van der Waals surface area contributed by atoms with Crippen molar-refractivity contribution in [2.75, 3.05) is 6.61 Å². The summed E-state index contributed by atoms with van der Waals surface area (Å²) in [6.45, 7) is 4.31. The second-order valence-electron chi connectivity index (χ2n) is 7.28. The van der Waals surface area contributed by atoms with E-state index in [2.05, 4.69) is 6.92 Å². The number of ether oxygens (including phenoxy) is 1. The van der Waals surface area contributed by atoms with Crippen molar-refractivity contribution in [1.82, 2.24) is 9.55 Å². The largest absolute Gasteiger partial charge is 0.493 e. The Bertz CT molecular complexity index is 1230. The van der Waals surface area contributed by atoms with Crippen molar-refractivity contribution in [3.8, 4) is 16.3 Å². The van der Waals surface area contributed by atoms with Crippen LogP contribution in [0.1, 0.15) is 30.5 Å². The van der Waals surface area contributed by atoms with Crippen LogP contribution in [0.5, 0.6) is 5.75 Å². The Morgan fingerprint density at radius 1 is 1.26 bits per heavy atom. The molecule has 0 aliphatic rings. The second kappa shape index (κ2) is 9.12. The van der Waals surface area contributed by atoms with Crippen molar-refractivity contribution in [3.63, 3.8) is 0 Å². The fourth-order valence-corrected chi connectivity index (χ4v) is 4.93. The lowest BCUT2D eigenvalue weighted by molar-refractivity contribution is -0.140. The van der Waals surface area contributed by atoms with Gasteiger partial charge in [0.1, 0.15) is 16.8 Å². The Kier molecular flexibility index (Phi) is 6.30. The minimum absolute atomic E-state index is 0.510. The van der Waals surface area contributed by atoms with E-state index in [4.69, 9.17) is 21.3 Å². The van der Waals surface area contributed by atoms with E-state index in [0.29, 0.717) is 18.1 Å². The Labute approximate surface area is 189 Å². The highest BCUT2D eigenvalue weighted by molar-refractivity contribution is 7.15. The maximum absolute atomic E-state index is 11.3. The molecule has 1 N–H and O–H groups in total. The Balaban J connectivity index is 1.46. The summed E-state index contributed by atoms with van der Waals surface area (Å²) < 4.78 is 7.74. The van der Waals surface area contributed by atoms with E-state index in [0.717, 1.165) is 39.3 Å². The molecule has 1 atom stereocenters. The highest BCUT2D eigenvalue weighted by Crippen LogP contribution is 2.33. The van der Waals surface area contributed by atoms with Gasteiger partial charge in [-0.3, -0.25) is 0 Å². The molecule has 0 amide bonds. The summed E-state index contributed by atoms with van der Waals surface area (Å²) in [5.74, 6) is -0.100. The summed E-state index contributed by atoms with van der Waals surface area (Å²) in [4.78, 5) is 17.4. The first kappa shape index (κ1) is 21.4. The standard InChI is InChI=1S/C24H23ClN2O3S/c1-3-22-20(26-23(31-22)18-6-4-5-7-19(18)25)11-13-30-17-8-9-21-16(14-17)10-12-27(21)15(2)24(28)29/h4-10,12,14-15H,3,11,13H2,1-2H3,(H,28,29). The fourth-order valence-electron chi connectivity index (χ4n) is 3.56. The van der Waals surface area contributed by atoms with Crippen molar-refractivity contribution >= 4 is 39.8 Å². The third-order valence-electron chi connectivity index (χ3n) is 5.28. The number of hydrogen-bond donors (Lipinski definition) is 1. The summed E-state index contributed by atoms with van der Waals surface area (Å²) in [6, 6.07) is 14.8. The highest BCUT2D eigenvalue weighted by atomic mass is 35.5. The van der Waals surface area contributed by atoms with Crippen LogP contribution in [0, 0.1) is 0 Å². The van der Waals surface area contributed by atoms with Gasteiger partial charge in [0.15, 0.2) is 0 Å². The Hall–Kier alpha value is -2.83. The van der Waals surface area contributed by atoms with Crippen LogP contribution in [0.25, 0.3) is 21.5 Å². The minimum atomic E-state index is -0.857. The van der Waals surface area contributed by atoms with Gasteiger partial charge in [-0.15, -0.1) is 11.3 Å².